The Hall–Kier alpha value is -1.95. The van der Waals surface area contributed by atoms with Crippen molar-refractivity contribution in [3.8, 4) is 0 Å². The first-order valence-electron chi connectivity index (χ1n) is 7.22. The van der Waals surface area contributed by atoms with Crippen molar-refractivity contribution in [1.29, 1.82) is 0 Å². The molecule has 0 aliphatic rings. The Labute approximate surface area is 125 Å². The molecule has 21 heavy (non-hydrogen) atoms. The van der Waals surface area contributed by atoms with Gasteiger partial charge < -0.3 is 10.6 Å². The average molecular weight is 293 g/mol. The van der Waals surface area contributed by atoms with E-state index in [1.54, 1.807) is 12.1 Å². The van der Waals surface area contributed by atoms with Gasteiger partial charge in [-0.2, -0.15) is 0 Å². The van der Waals surface area contributed by atoms with Gasteiger partial charge in [-0.15, -0.1) is 0 Å². The predicted octanol–water partition coefficient (Wildman–Crippen LogP) is 2.03. The highest BCUT2D eigenvalue weighted by Crippen LogP contribution is 2.11. The van der Waals surface area contributed by atoms with Crippen LogP contribution in [0, 0.1) is 10.1 Å². The van der Waals surface area contributed by atoms with Gasteiger partial charge in [0.15, 0.2) is 0 Å². The summed E-state index contributed by atoms with van der Waals surface area (Å²) in [6.07, 6.45) is 2.01. The maximum absolute atomic E-state index is 11.6. The van der Waals surface area contributed by atoms with Gasteiger partial charge in [0.2, 0.25) is 5.91 Å². The van der Waals surface area contributed by atoms with Gasteiger partial charge in [-0.25, -0.2) is 0 Å². The van der Waals surface area contributed by atoms with Crippen LogP contribution in [0.25, 0.3) is 0 Å². The van der Waals surface area contributed by atoms with Crippen molar-refractivity contribution >= 4 is 11.6 Å². The van der Waals surface area contributed by atoms with Crippen molar-refractivity contribution in [3.05, 3.63) is 39.9 Å². The zero-order chi connectivity index (χ0) is 15.7. The van der Waals surface area contributed by atoms with Gasteiger partial charge in [-0.05, 0) is 24.9 Å². The number of carbonyl (C=O) groups excluding carboxylic acids is 1. The molecule has 0 spiro atoms. The Balaban J connectivity index is 2.18. The fourth-order valence-electron chi connectivity index (χ4n) is 1.86. The van der Waals surface area contributed by atoms with E-state index in [2.05, 4.69) is 24.5 Å². The van der Waals surface area contributed by atoms with Crippen LogP contribution in [0.5, 0.6) is 0 Å². The molecule has 0 saturated carbocycles. The third-order valence-corrected chi connectivity index (χ3v) is 3.02. The number of hydrogen-bond acceptors (Lipinski definition) is 4. The lowest BCUT2D eigenvalue weighted by Crippen LogP contribution is -2.28. The van der Waals surface area contributed by atoms with E-state index in [4.69, 9.17) is 0 Å². The third-order valence-electron chi connectivity index (χ3n) is 3.02. The zero-order valence-corrected chi connectivity index (χ0v) is 12.6. The topological polar surface area (TPSA) is 84.3 Å². The Kier molecular flexibility index (Phi) is 7.39. The summed E-state index contributed by atoms with van der Waals surface area (Å²) in [5.74, 6) is 0.0440. The number of nitro groups is 1. The molecular formula is C15H23N3O3. The van der Waals surface area contributed by atoms with Gasteiger partial charge in [-0.1, -0.05) is 26.0 Å². The molecule has 1 amide bonds. The molecule has 2 N–H and O–H groups in total. The van der Waals surface area contributed by atoms with Crippen molar-refractivity contribution in [3.63, 3.8) is 0 Å². The fourth-order valence-corrected chi connectivity index (χ4v) is 1.86. The summed E-state index contributed by atoms with van der Waals surface area (Å²) in [5, 5.41) is 16.6. The van der Waals surface area contributed by atoms with E-state index in [-0.39, 0.29) is 11.6 Å². The Morgan fingerprint density at radius 3 is 2.48 bits per heavy atom. The van der Waals surface area contributed by atoms with Crippen LogP contribution in [0.3, 0.4) is 0 Å². The second-order valence-electron chi connectivity index (χ2n) is 5.24. The normalized spacial score (nSPS) is 10.6. The molecule has 0 saturated heterocycles. The van der Waals surface area contributed by atoms with Gasteiger partial charge in [0, 0.05) is 31.1 Å². The fraction of sp³-hybridized carbons (Fsp3) is 0.533. The number of rotatable bonds is 9. The van der Waals surface area contributed by atoms with Crippen LogP contribution in [0.4, 0.5) is 5.69 Å². The number of amides is 1. The number of nitro benzene ring substituents is 1. The van der Waals surface area contributed by atoms with Gasteiger partial charge in [0.05, 0.1) is 4.92 Å². The summed E-state index contributed by atoms with van der Waals surface area (Å²) in [6.45, 7) is 5.54. The van der Waals surface area contributed by atoms with Gasteiger partial charge in [0.25, 0.3) is 5.69 Å². The number of hydrogen-bond donors (Lipinski definition) is 2. The molecule has 0 aliphatic heterocycles. The molecule has 1 aromatic carbocycles. The molecule has 0 aliphatic carbocycles. The summed E-state index contributed by atoms with van der Waals surface area (Å²) in [6, 6.07) is 6.84. The highest BCUT2D eigenvalue weighted by Gasteiger charge is 2.04. The van der Waals surface area contributed by atoms with E-state index in [9.17, 15) is 14.9 Å². The maximum Gasteiger partial charge on any atom is 0.269 e. The molecule has 1 rings (SSSR count). The van der Waals surface area contributed by atoms with Gasteiger partial charge in [0.1, 0.15) is 0 Å². The minimum atomic E-state index is -0.420. The Morgan fingerprint density at radius 1 is 1.24 bits per heavy atom. The average Bonchev–Trinajstić information content (AvgIpc) is 2.44. The molecule has 116 valence electrons. The minimum Gasteiger partial charge on any atom is -0.356 e. The van der Waals surface area contributed by atoms with Gasteiger partial charge in [-0.3, -0.25) is 14.9 Å². The summed E-state index contributed by atoms with van der Waals surface area (Å²) in [4.78, 5) is 21.7. The van der Waals surface area contributed by atoms with E-state index >= 15 is 0 Å². The lowest BCUT2D eigenvalue weighted by atomic mass is 10.1. The second-order valence-corrected chi connectivity index (χ2v) is 5.24. The highest BCUT2D eigenvalue weighted by atomic mass is 16.6. The number of non-ortho nitro benzene ring substituents is 1. The van der Waals surface area contributed by atoms with Crippen LogP contribution < -0.4 is 10.6 Å². The van der Waals surface area contributed by atoms with Gasteiger partial charge >= 0.3 is 0 Å². The lowest BCUT2D eigenvalue weighted by molar-refractivity contribution is -0.384. The summed E-state index contributed by atoms with van der Waals surface area (Å²) in [5.41, 5.74) is 1.06. The largest absolute Gasteiger partial charge is 0.356 e. The first-order valence-corrected chi connectivity index (χ1v) is 7.22. The van der Waals surface area contributed by atoms with E-state index in [1.165, 1.54) is 12.1 Å². The third kappa shape index (κ3) is 7.41. The molecule has 0 aromatic heterocycles. The molecule has 0 bridgehead atoms. The smallest absolute Gasteiger partial charge is 0.269 e. The molecule has 1 aromatic rings. The van der Waals surface area contributed by atoms with Crippen molar-refractivity contribution < 1.29 is 9.72 Å². The summed E-state index contributed by atoms with van der Waals surface area (Å²) < 4.78 is 0. The van der Waals surface area contributed by atoms with E-state index in [1.807, 2.05) is 0 Å². The van der Waals surface area contributed by atoms with Crippen molar-refractivity contribution in [1.82, 2.24) is 10.6 Å². The molecule has 6 nitrogen and oxygen atoms in total. The number of benzene rings is 1. The lowest BCUT2D eigenvalue weighted by Gasteiger charge is -2.08. The monoisotopic (exact) mass is 293 g/mol. The van der Waals surface area contributed by atoms with Crippen LogP contribution in [0.15, 0.2) is 24.3 Å². The van der Waals surface area contributed by atoms with Crippen LogP contribution in [0.1, 0.15) is 32.3 Å². The van der Waals surface area contributed by atoms with E-state index in [0.29, 0.717) is 25.4 Å². The van der Waals surface area contributed by atoms with Crippen LogP contribution >= 0.6 is 0 Å². The minimum absolute atomic E-state index is 0.0440. The second kappa shape index (κ2) is 9.07. The molecule has 0 fully saturated rings. The van der Waals surface area contributed by atoms with Crippen LogP contribution in [-0.4, -0.2) is 30.0 Å². The molecule has 0 heterocycles. The SMILES string of the molecule is CC(C)NCCCC(=O)NCCc1ccc([N+](=O)[O-])cc1. The molecule has 0 unspecified atom stereocenters. The standard InChI is InChI=1S/C15H23N3O3/c1-12(2)16-10-3-4-15(19)17-11-9-13-5-7-14(8-6-13)18(20)21/h5-8,12,16H,3-4,9-11H2,1-2H3,(H,17,19). The van der Waals surface area contributed by atoms with Crippen molar-refractivity contribution in [2.24, 2.45) is 0 Å². The van der Waals surface area contributed by atoms with Crippen LogP contribution in [-0.2, 0) is 11.2 Å². The van der Waals surface area contributed by atoms with Crippen molar-refractivity contribution in [2.45, 2.75) is 39.2 Å². The molecule has 0 radical (unpaired) electrons. The Bertz CT molecular complexity index is 458. The maximum atomic E-state index is 11.6. The quantitative estimate of drug-likeness (QED) is 0.414. The molecule has 0 atom stereocenters. The first-order chi connectivity index (χ1) is 9.99. The predicted molar refractivity (Wildman–Crippen MR) is 82.2 cm³/mol. The van der Waals surface area contributed by atoms with Crippen LogP contribution in [0.2, 0.25) is 0 Å². The number of carbonyl (C=O) groups is 1. The molecule has 6 heteroatoms. The van der Waals surface area contributed by atoms with Crippen molar-refractivity contribution in [2.75, 3.05) is 13.1 Å². The zero-order valence-electron chi connectivity index (χ0n) is 12.6. The van der Waals surface area contributed by atoms with E-state index < -0.39 is 4.92 Å². The number of nitrogens with zero attached hydrogens (tertiary/aromatic N) is 1. The Morgan fingerprint density at radius 2 is 1.90 bits per heavy atom. The first kappa shape index (κ1) is 17.1. The van der Waals surface area contributed by atoms with E-state index in [0.717, 1.165) is 18.5 Å². The summed E-state index contributed by atoms with van der Waals surface area (Å²) in [7, 11) is 0. The summed E-state index contributed by atoms with van der Waals surface area (Å²) >= 11 is 0. The molecular weight excluding hydrogens is 270 g/mol. The highest BCUT2D eigenvalue weighted by molar-refractivity contribution is 5.75. The number of nitrogens with one attached hydrogen (secondary N) is 2.